The predicted octanol–water partition coefficient (Wildman–Crippen LogP) is 5.96. The molecule has 1 aromatic rings. The maximum Gasteiger partial charge on any atom is 0.387 e. The number of hydrogen-bond donors (Lipinski definition) is 0. The second kappa shape index (κ2) is 9.37. The van der Waals surface area contributed by atoms with Crippen molar-refractivity contribution in [2.24, 2.45) is 0 Å². The van der Waals surface area contributed by atoms with Crippen LogP contribution in [-0.4, -0.2) is 31.4 Å². The highest BCUT2D eigenvalue weighted by Gasteiger charge is 2.46. The Morgan fingerprint density at radius 3 is 2.53 bits per heavy atom. The molecule has 1 spiro atoms. The van der Waals surface area contributed by atoms with Crippen LogP contribution >= 0.6 is 23.2 Å². The van der Waals surface area contributed by atoms with Gasteiger partial charge in [-0.1, -0.05) is 41.9 Å². The molecule has 0 atom stereocenters. The van der Waals surface area contributed by atoms with Crippen LogP contribution in [0.1, 0.15) is 36.5 Å². The number of allylic oxidation sites excluding steroid dienone is 5. The van der Waals surface area contributed by atoms with Crippen molar-refractivity contribution in [3.63, 3.8) is 0 Å². The molecule has 5 nitrogen and oxygen atoms in total. The second-order valence-electron chi connectivity index (χ2n) is 6.64. The Bertz CT molecular complexity index is 905. The van der Waals surface area contributed by atoms with Crippen LogP contribution in [0.4, 0.5) is 8.78 Å². The number of Topliss-reactive ketones (excluding diaryl/α,β-unsaturated/α-hetero) is 1. The number of fused-ring (bicyclic) bond motifs is 1. The summed E-state index contributed by atoms with van der Waals surface area (Å²) in [6.07, 6.45) is 3.60. The second-order valence-corrected chi connectivity index (χ2v) is 7.46. The van der Waals surface area contributed by atoms with Gasteiger partial charge in [0.2, 0.25) is 5.75 Å². The fourth-order valence-corrected chi connectivity index (χ4v) is 3.65. The Labute approximate surface area is 182 Å². The molecule has 2 aliphatic rings. The highest BCUT2D eigenvalue weighted by molar-refractivity contribution is 6.36. The Kier molecular flexibility index (Phi) is 7.06. The maximum atomic E-state index is 13.1. The molecule has 9 heteroatoms. The first-order valence-corrected chi connectivity index (χ1v) is 10.00. The van der Waals surface area contributed by atoms with Gasteiger partial charge in [-0.25, -0.2) is 0 Å². The lowest BCUT2D eigenvalue weighted by atomic mass is 10.0. The zero-order valence-corrected chi connectivity index (χ0v) is 17.7. The summed E-state index contributed by atoms with van der Waals surface area (Å²) >= 11 is 12.4. The van der Waals surface area contributed by atoms with E-state index in [4.69, 9.17) is 37.4 Å². The summed E-state index contributed by atoms with van der Waals surface area (Å²) < 4.78 is 47.5. The van der Waals surface area contributed by atoms with Crippen LogP contribution in [0.2, 0.25) is 0 Å². The molecule has 0 aromatic heterocycles. The van der Waals surface area contributed by atoms with Crippen LogP contribution in [0, 0.1) is 0 Å². The van der Waals surface area contributed by atoms with E-state index in [1.807, 2.05) is 0 Å². The van der Waals surface area contributed by atoms with Crippen LogP contribution in [0.5, 0.6) is 17.2 Å². The van der Waals surface area contributed by atoms with Crippen LogP contribution in [-0.2, 0) is 4.74 Å². The fraction of sp³-hybridized carbons (Fsp3) is 0.381. The summed E-state index contributed by atoms with van der Waals surface area (Å²) in [5.74, 6) is -1.63. The molecule has 0 amide bonds. The lowest BCUT2D eigenvalue weighted by Crippen LogP contribution is -2.44. The molecule has 2 heterocycles. The van der Waals surface area contributed by atoms with Gasteiger partial charge in [-0.15, -0.1) is 0 Å². The number of alkyl halides is 2. The zero-order chi connectivity index (χ0) is 21.9. The average Bonchev–Trinajstić information content (AvgIpc) is 3.09. The summed E-state index contributed by atoms with van der Waals surface area (Å²) in [7, 11) is 0. The molecule has 162 valence electrons. The molecule has 1 fully saturated rings. The molecule has 1 saturated heterocycles. The Morgan fingerprint density at radius 1 is 1.27 bits per heavy atom. The van der Waals surface area contributed by atoms with E-state index in [2.05, 4.69) is 11.3 Å². The number of rotatable bonds is 7. The first kappa shape index (κ1) is 22.6. The molecule has 2 aliphatic heterocycles. The van der Waals surface area contributed by atoms with E-state index in [0.717, 1.165) is 0 Å². The molecule has 0 bridgehead atoms. The summed E-state index contributed by atoms with van der Waals surface area (Å²) in [6, 6.07) is 2.62. The summed E-state index contributed by atoms with van der Waals surface area (Å²) in [4.78, 5) is 13.1. The van der Waals surface area contributed by atoms with Crippen molar-refractivity contribution in [2.75, 3.05) is 13.2 Å². The Balaban J connectivity index is 1.99. The van der Waals surface area contributed by atoms with Crippen LogP contribution in [0.25, 0.3) is 0 Å². The number of ether oxygens (including phenoxy) is 4. The van der Waals surface area contributed by atoms with Crippen molar-refractivity contribution in [2.45, 2.75) is 38.6 Å². The minimum atomic E-state index is -3.06. The van der Waals surface area contributed by atoms with Gasteiger partial charge in [0, 0.05) is 29.3 Å². The number of benzene rings is 1. The maximum absolute atomic E-state index is 13.1. The van der Waals surface area contributed by atoms with Crippen molar-refractivity contribution < 1.29 is 32.5 Å². The highest BCUT2D eigenvalue weighted by Crippen LogP contribution is 2.51. The largest absolute Gasteiger partial charge is 0.447 e. The molecular formula is C21H20Cl2F2O5. The summed E-state index contributed by atoms with van der Waals surface area (Å²) in [6.45, 7) is 3.01. The van der Waals surface area contributed by atoms with E-state index in [1.165, 1.54) is 18.2 Å². The first-order valence-electron chi connectivity index (χ1n) is 9.24. The van der Waals surface area contributed by atoms with E-state index >= 15 is 0 Å². The number of ketones is 1. The highest BCUT2D eigenvalue weighted by atomic mass is 35.5. The SMILES string of the molecule is C=C/C(Cl)=C(CC(=O)c1ccc(OC(F)F)c2c1OC1(CCOCC1)O2)\C(Cl)=C/C. The molecule has 0 aliphatic carbocycles. The van der Waals surface area contributed by atoms with Crippen molar-refractivity contribution >= 4 is 29.0 Å². The Hall–Kier alpha value is -2.09. The quantitative estimate of drug-likeness (QED) is 0.371. The van der Waals surface area contributed by atoms with Gasteiger partial charge in [-0.3, -0.25) is 4.79 Å². The first-order chi connectivity index (χ1) is 14.3. The summed E-state index contributed by atoms with van der Waals surface area (Å²) in [5.41, 5.74) is 0.545. The van der Waals surface area contributed by atoms with Crippen molar-refractivity contribution in [3.8, 4) is 17.2 Å². The van der Waals surface area contributed by atoms with Gasteiger partial charge in [0.1, 0.15) is 0 Å². The number of halogens is 4. The fourth-order valence-electron chi connectivity index (χ4n) is 3.27. The summed E-state index contributed by atoms with van der Waals surface area (Å²) in [5, 5.41) is 0.541. The smallest absolute Gasteiger partial charge is 0.387 e. The minimum Gasteiger partial charge on any atom is -0.447 e. The monoisotopic (exact) mass is 460 g/mol. The molecule has 0 N–H and O–H groups in total. The zero-order valence-electron chi connectivity index (χ0n) is 16.2. The molecule has 0 radical (unpaired) electrons. The third-order valence-electron chi connectivity index (χ3n) is 4.77. The third kappa shape index (κ3) is 4.63. The molecule has 1 aromatic carbocycles. The van der Waals surface area contributed by atoms with Gasteiger partial charge in [-0.2, -0.15) is 8.78 Å². The lowest BCUT2D eigenvalue weighted by Gasteiger charge is -2.31. The number of carbonyl (C=O) groups excluding carboxylic acids is 1. The predicted molar refractivity (Wildman–Crippen MR) is 109 cm³/mol. The van der Waals surface area contributed by atoms with E-state index in [-0.39, 0.29) is 40.0 Å². The van der Waals surface area contributed by atoms with Crippen molar-refractivity contribution in [1.29, 1.82) is 0 Å². The van der Waals surface area contributed by atoms with E-state index in [0.29, 0.717) is 36.7 Å². The molecule has 0 saturated carbocycles. The van der Waals surface area contributed by atoms with E-state index < -0.39 is 12.4 Å². The lowest BCUT2D eigenvalue weighted by molar-refractivity contribution is -0.145. The molecular weight excluding hydrogens is 441 g/mol. The number of hydrogen-bond acceptors (Lipinski definition) is 5. The third-order valence-corrected chi connectivity index (χ3v) is 5.60. The van der Waals surface area contributed by atoms with E-state index in [9.17, 15) is 13.6 Å². The minimum absolute atomic E-state index is 0.0273. The van der Waals surface area contributed by atoms with Crippen molar-refractivity contribution in [3.05, 3.63) is 52.1 Å². The van der Waals surface area contributed by atoms with E-state index in [1.54, 1.807) is 13.0 Å². The van der Waals surface area contributed by atoms with Gasteiger partial charge in [0.25, 0.3) is 5.79 Å². The van der Waals surface area contributed by atoms with Gasteiger partial charge in [0.15, 0.2) is 17.3 Å². The van der Waals surface area contributed by atoms with Crippen molar-refractivity contribution in [1.82, 2.24) is 0 Å². The molecule has 30 heavy (non-hydrogen) atoms. The number of carbonyl (C=O) groups is 1. The standard InChI is InChI=1S/C21H20Cl2F2O5/c1-3-14(22)13(15(23)4-2)11-16(26)12-5-6-17(28-20(24)25)19-18(12)29-21(30-19)7-9-27-10-8-21/h3-6,20H,1,7-11H2,2H3/b14-13+,15-4+. The molecule has 3 rings (SSSR count). The van der Waals surface area contributed by atoms with Gasteiger partial charge >= 0.3 is 6.61 Å². The normalized spacial score (nSPS) is 18.4. The van der Waals surface area contributed by atoms with Crippen LogP contribution in [0.15, 0.2) is 46.5 Å². The molecule has 0 unspecified atom stereocenters. The average molecular weight is 461 g/mol. The van der Waals surface area contributed by atoms with Gasteiger partial charge in [-0.05, 0) is 24.6 Å². The Morgan fingerprint density at radius 2 is 1.93 bits per heavy atom. The van der Waals surface area contributed by atoms with Gasteiger partial charge < -0.3 is 18.9 Å². The topological polar surface area (TPSA) is 54.0 Å². The van der Waals surface area contributed by atoms with Crippen LogP contribution < -0.4 is 14.2 Å². The van der Waals surface area contributed by atoms with Gasteiger partial charge in [0.05, 0.1) is 18.8 Å². The van der Waals surface area contributed by atoms with Crippen LogP contribution in [0.3, 0.4) is 0 Å².